The number of ether oxygens (including phenoxy) is 1. The van der Waals surface area contributed by atoms with E-state index in [4.69, 9.17) is 4.74 Å². The third-order valence-corrected chi connectivity index (χ3v) is 6.02. The van der Waals surface area contributed by atoms with E-state index >= 15 is 0 Å². The maximum atomic E-state index is 13.4. The van der Waals surface area contributed by atoms with Crippen LogP contribution in [0.25, 0.3) is 0 Å². The van der Waals surface area contributed by atoms with E-state index in [0.717, 1.165) is 10.2 Å². The first kappa shape index (κ1) is 18.5. The van der Waals surface area contributed by atoms with Crippen molar-refractivity contribution in [2.24, 2.45) is 5.92 Å². The number of rotatable bonds is 3. The fourth-order valence-corrected chi connectivity index (χ4v) is 5.25. The van der Waals surface area contributed by atoms with E-state index in [0.29, 0.717) is 44.7 Å². The molecule has 2 heterocycles. The molecule has 0 saturated carbocycles. The smallest absolute Gasteiger partial charge is 0.331 e. The molecule has 138 valence electrons. The van der Waals surface area contributed by atoms with Gasteiger partial charge in [0.25, 0.3) is 0 Å². The Balaban J connectivity index is 1.97. The summed E-state index contributed by atoms with van der Waals surface area (Å²) in [5.74, 6) is -0.730. The molecule has 2 unspecified atom stereocenters. The summed E-state index contributed by atoms with van der Waals surface area (Å²) in [6, 6.07) is 0.141. The van der Waals surface area contributed by atoms with E-state index in [1.165, 1.54) is 0 Å². The van der Waals surface area contributed by atoms with Crippen molar-refractivity contribution in [3.8, 4) is 0 Å². The molecule has 2 fully saturated rings. The van der Waals surface area contributed by atoms with Crippen LogP contribution < -0.4 is 0 Å². The lowest BCUT2D eigenvalue weighted by Crippen LogP contribution is -2.58. The molecule has 6 nitrogen and oxygen atoms in total. The van der Waals surface area contributed by atoms with Crippen molar-refractivity contribution >= 4 is 27.8 Å². The molecule has 0 aromatic rings. The number of halogens is 1. The third-order valence-electron chi connectivity index (χ3n) is 5.38. The zero-order chi connectivity index (χ0) is 18.4. The van der Waals surface area contributed by atoms with E-state index in [9.17, 15) is 14.7 Å². The minimum absolute atomic E-state index is 0.0443. The molecule has 25 heavy (non-hydrogen) atoms. The average molecular weight is 413 g/mol. The SMILES string of the molecule is CC(C)N1C2=C(Br)C=C(C(=O)O)CC2CC1(C)C(=O)N1CCOCC1. The number of morpholine rings is 1. The van der Waals surface area contributed by atoms with Gasteiger partial charge in [-0.2, -0.15) is 0 Å². The number of hydrogen-bond donors (Lipinski definition) is 1. The minimum atomic E-state index is -0.889. The second kappa shape index (κ2) is 6.76. The van der Waals surface area contributed by atoms with Crippen LogP contribution >= 0.6 is 15.9 Å². The number of likely N-dealkylation sites (tertiary alicyclic amines) is 1. The summed E-state index contributed by atoms with van der Waals surface area (Å²) >= 11 is 3.56. The molecule has 0 radical (unpaired) electrons. The quantitative estimate of drug-likeness (QED) is 0.770. The number of nitrogens with zero attached hydrogens (tertiary/aromatic N) is 2. The van der Waals surface area contributed by atoms with Crippen LogP contribution in [-0.4, -0.2) is 64.7 Å². The van der Waals surface area contributed by atoms with Gasteiger partial charge < -0.3 is 19.6 Å². The second-order valence-electron chi connectivity index (χ2n) is 7.46. The highest BCUT2D eigenvalue weighted by atomic mass is 79.9. The molecule has 3 aliphatic rings. The van der Waals surface area contributed by atoms with Gasteiger partial charge in [0, 0.05) is 40.8 Å². The Labute approximate surface area is 156 Å². The third kappa shape index (κ3) is 3.12. The molecule has 2 saturated heterocycles. The summed E-state index contributed by atoms with van der Waals surface area (Å²) < 4.78 is 6.16. The van der Waals surface area contributed by atoms with Gasteiger partial charge in [0.05, 0.1) is 13.2 Å². The van der Waals surface area contributed by atoms with Crippen molar-refractivity contribution in [3.63, 3.8) is 0 Å². The van der Waals surface area contributed by atoms with Crippen molar-refractivity contribution in [2.45, 2.75) is 45.2 Å². The zero-order valence-electron chi connectivity index (χ0n) is 14.9. The van der Waals surface area contributed by atoms with Gasteiger partial charge in [0.15, 0.2) is 0 Å². The summed E-state index contributed by atoms with van der Waals surface area (Å²) in [6.45, 7) is 8.53. The van der Waals surface area contributed by atoms with Crippen molar-refractivity contribution in [3.05, 3.63) is 21.8 Å². The summed E-state index contributed by atoms with van der Waals surface area (Å²) in [4.78, 5) is 28.9. The number of hydrogen-bond acceptors (Lipinski definition) is 4. The lowest BCUT2D eigenvalue weighted by atomic mass is 9.86. The van der Waals surface area contributed by atoms with E-state index in [1.807, 2.05) is 11.8 Å². The van der Waals surface area contributed by atoms with E-state index in [1.54, 1.807) is 6.08 Å². The summed E-state index contributed by atoms with van der Waals surface area (Å²) in [7, 11) is 0. The maximum Gasteiger partial charge on any atom is 0.331 e. The number of fused-ring (bicyclic) bond motifs is 1. The lowest BCUT2D eigenvalue weighted by molar-refractivity contribution is -0.146. The molecule has 2 aliphatic heterocycles. The van der Waals surface area contributed by atoms with Crippen LogP contribution in [0.2, 0.25) is 0 Å². The van der Waals surface area contributed by atoms with Crippen LogP contribution in [0.4, 0.5) is 0 Å². The largest absolute Gasteiger partial charge is 0.478 e. The number of carbonyl (C=O) groups excluding carboxylic acids is 1. The highest BCUT2D eigenvalue weighted by molar-refractivity contribution is 9.11. The first-order valence-electron chi connectivity index (χ1n) is 8.75. The second-order valence-corrected chi connectivity index (χ2v) is 8.31. The Kier molecular flexibility index (Phi) is 4.99. The fourth-order valence-electron chi connectivity index (χ4n) is 4.46. The lowest BCUT2D eigenvalue weighted by Gasteiger charge is -2.43. The van der Waals surface area contributed by atoms with Crippen LogP contribution in [-0.2, 0) is 14.3 Å². The van der Waals surface area contributed by atoms with Crippen LogP contribution in [0.15, 0.2) is 21.8 Å². The molecule has 1 amide bonds. The molecule has 0 bridgehead atoms. The predicted molar refractivity (Wildman–Crippen MR) is 97.2 cm³/mol. The Bertz CT molecular complexity index is 651. The monoisotopic (exact) mass is 412 g/mol. The molecule has 7 heteroatoms. The van der Waals surface area contributed by atoms with Crippen molar-refractivity contribution in [1.29, 1.82) is 0 Å². The van der Waals surface area contributed by atoms with Gasteiger partial charge in [-0.1, -0.05) is 0 Å². The van der Waals surface area contributed by atoms with Crippen molar-refractivity contribution < 1.29 is 19.4 Å². The van der Waals surface area contributed by atoms with Crippen LogP contribution in [0.1, 0.15) is 33.6 Å². The van der Waals surface area contributed by atoms with Crippen LogP contribution in [0, 0.1) is 5.92 Å². The number of carboxylic acids is 1. The van der Waals surface area contributed by atoms with Gasteiger partial charge in [-0.05, 0) is 55.6 Å². The maximum absolute atomic E-state index is 13.4. The molecule has 0 aromatic heterocycles. The van der Waals surface area contributed by atoms with Crippen molar-refractivity contribution in [2.75, 3.05) is 26.3 Å². The summed E-state index contributed by atoms with van der Waals surface area (Å²) in [5, 5.41) is 9.38. The number of carbonyl (C=O) groups is 2. The first-order valence-corrected chi connectivity index (χ1v) is 9.55. The van der Waals surface area contributed by atoms with E-state index in [2.05, 4.69) is 34.7 Å². The zero-order valence-corrected chi connectivity index (χ0v) is 16.5. The topological polar surface area (TPSA) is 70.1 Å². The van der Waals surface area contributed by atoms with E-state index < -0.39 is 11.5 Å². The average Bonchev–Trinajstić information content (AvgIpc) is 2.89. The van der Waals surface area contributed by atoms with Gasteiger partial charge >= 0.3 is 5.97 Å². The number of amides is 1. The number of carboxylic acid groups (broad SMARTS) is 1. The molecular weight excluding hydrogens is 388 g/mol. The van der Waals surface area contributed by atoms with Crippen LogP contribution in [0.5, 0.6) is 0 Å². The van der Waals surface area contributed by atoms with Crippen molar-refractivity contribution in [1.82, 2.24) is 9.80 Å². The molecule has 0 aromatic carbocycles. The highest BCUT2D eigenvalue weighted by Crippen LogP contribution is 2.50. The fraction of sp³-hybridized carbons (Fsp3) is 0.667. The molecular formula is C18H25BrN2O4. The molecule has 2 atom stereocenters. The number of allylic oxidation sites excluding steroid dienone is 3. The van der Waals surface area contributed by atoms with E-state index in [-0.39, 0.29) is 17.9 Å². The molecule has 1 N–H and O–H groups in total. The molecule has 3 rings (SSSR count). The Morgan fingerprint density at radius 2 is 2.00 bits per heavy atom. The normalized spacial score (nSPS) is 29.8. The molecule has 1 aliphatic carbocycles. The highest BCUT2D eigenvalue weighted by Gasteiger charge is 2.54. The van der Waals surface area contributed by atoms with Crippen LogP contribution in [0.3, 0.4) is 0 Å². The summed E-state index contributed by atoms with van der Waals surface area (Å²) in [6.07, 6.45) is 2.79. The van der Waals surface area contributed by atoms with Gasteiger partial charge in [-0.15, -0.1) is 0 Å². The van der Waals surface area contributed by atoms with Gasteiger partial charge in [-0.3, -0.25) is 4.79 Å². The Morgan fingerprint density at radius 1 is 1.36 bits per heavy atom. The summed E-state index contributed by atoms with van der Waals surface area (Å²) in [5.41, 5.74) is 0.795. The Hall–Kier alpha value is -1.34. The van der Waals surface area contributed by atoms with Gasteiger partial charge in [0.1, 0.15) is 5.54 Å². The minimum Gasteiger partial charge on any atom is -0.478 e. The van der Waals surface area contributed by atoms with Gasteiger partial charge in [0.2, 0.25) is 5.91 Å². The standard InChI is InChI=1S/C18H25BrN2O4/c1-11(2)21-15-13(8-12(16(22)23)9-14(15)19)10-18(21,3)17(24)20-4-6-25-7-5-20/h9,11,13H,4-8,10H2,1-3H3,(H,22,23). The first-order chi connectivity index (χ1) is 11.8. The number of aliphatic carboxylic acids is 1. The predicted octanol–water partition coefficient (Wildman–Crippen LogP) is 2.36. The van der Waals surface area contributed by atoms with Gasteiger partial charge in [-0.25, -0.2) is 4.79 Å². The Morgan fingerprint density at radius 3 is 2.56 bits per heavy atom. The molecule has 0 spiro atoms.